The Morgan fingerprint density at radius 2 is 2.24 bits per heavy atom. The van der Waals surface area contributed by atoms with E-state index in [-0.39, 0.29) is 12.0 Å². The van der Waals surface area contributed by atoms with Crippen molar-refractivity contribution >= 4 is 22.9 Å². The van der Waals surface area contributed by atoms with Crippen LogP contribution in [-0.2, 0) is 0 Å². The third-order valence-electron chi connectivity index (χ3n) is 3.78. The molecule has 6 heteroatoms. The second kappa shape index (κ2) is 7.98. The molecule has 0 fully saturated rings. The normalized spacial score (nSPS) is 11.9. The van der Waals surface area contributed by atoms with Gasteiger partial charge in [-0.05, 0) is 36.9 Å². The second-order valence-electron chi connectivity index (χ2n) is 5.84. The van der Waals surface area contributed by atoms with Gasteiger partial charge in [0.25, 0.3) is 5.91 Å². The van der Waals surface area contributed by atoms with E-state index in [1.54, 1.807) is 17.5 Å². The quantitative estimate of drug-likeness (QED) is 0.629. The minimum atomic E-state index is -0.198. The van der Waals surface area contributed by atoms with Crippen LogP contribution in [0.4, 0.5) is 5.69 Å². The van der Waals surface area contributed by atoms with Gasteiger partial charge in [-0.25, -0.2) is 0 Å². The zero-order valence-corrected chi connectivity index (χ0v) is 15.1. The fourth-order valence-electron chi connectivity index (χ4n) is 2.61. The molecule has 0 bridgehead atoms. The van der Waals surface area contributed by atoms with E-state index < -0.39 is 0 Å². The van der Waals surface area contributed by atoms with Crippen molar-refractivity contribution in [3.63, 3.8) is 0 Å². The first-order chi connectivity index (χ1) is 12.2. The highest BCUT2D eigenvalue weighted by Gasteiger charge is 2.16. The molecule has 2 aromatic heterocycles. The number of carbonyl (C=O) groups excluding carboxylic acids is 1. The van der Waals surface area contributed by atoms with Crippen LogP contribution in [0.5, 0.6) is 5.75 Å². The summed E-state index contributed by atoms with van der Waals surface area (Å²) in [6.45, 7) is 4.18. The predicted octanol–water partition coefficient (Wildman–Crippen LogP) is 4.96. The van der Waals surface area contributed by atoms with Crippen LogP contribution >= 0.6 is 11.3 Å². The van der Waals surface area contributed by atoms with Crippen molar-refractivity contribution in [3.8, 4) is 16.3 Å². The summed E-state index contributed by atoms with van der Waals surface area (Å²) in [5.74, 6) is 0.556. The SMILES string of the molecule is CCCC(C)Oc1cccc(NC(=O)c2cn[nH]c2-c2cccs2)c1. The Morgan fingerprint density at radius 3 is 3.00 bits per heavy atom. The number of aromatic nitrogens is 2. The average Bonchev–Trinajstić information content (AvgIpc) is 3.26. The molecule has 3 rings (SSSR count). The van der Waals surface area contributed by atoms with Gasteiger partial charge < -0.3 is 10.1 Å². The molecule has 0 radical (unpaired) electrons. The molecular weight excluding hydrogens is 334 g/mol. The molecule has 0 saturated carbocycles. The largest absolute Gasteiger partial charge is 0.491 e. The molecule has 0 aliphatic rings. The van der Waals surface area contributed by atoms with E-state index in [0.29, 0.717) is 11.3 Å². The molecule has 130 valence electrons. The van der Waals surface area contributed by atoms with Gasteiger partial charge in [-0.3, -0.25) is 9.89 Å². The minimum Gasteiger partial charge on any atom is -0.491 e. The highest BCUT2D eigenvalue weighted by atomic mass is 32.1. The monoisotopic (exact) mass is 355 g/mol. The first-order valence-corrected chi connectivity index (χ1v) is 9.20. The van der Waals surface area contributed by atoms with Crippen LogP contribution in [0.2, 0.25) is 0 Å². The number of thiophene rings is 1. The number of ether oxygens (including phenoxy) is 1. The van der Waals surface area contributed by atoms with Crippen LogP contribution in [-0.4, -0.2) is 22.2 Å². The van der Waals surface area contributed by atoms with Crippen LogP contribution in [0, 0.1) is 0 Å². The molecule has 2 N–H and O–H groups in total. The standard InChI is InChI=1S/C19H21N3O2S/c1-3-6-13(2)24-15-8-4-7-14(11-15)21-19(23)16-12-20-22-18(16)17-9-5-10-25-17/h4-5,7-13H,3,6H2,1-2H3,(H,20,22)(H,21,23). The number of nitrogens with one attached hydrogen (secondary N) is 2. The number of anilines is 1. The molecule has 0 aliphatic heterocycles. The van der Waals surface area contributed by atoms with Gasteiger partial charge in [0.15, 0.2) is 0 Å². The van der Waals surface area contributed by atoms with Gasteiger partial charge in [0.1, 0.15) is 5.75 Å². The third kappa shape index (κ3) is 4.28. The molecule has 2 heterocycles. The average molecular weight is 355 g/mol. The lowest BCUT2D eigenvalue weighted by Gasteiger charge is -2.14. The van der Waals surface area contributed by atoms with Crippen LogP contribution in [0.1, 0.15) is 37.0 Å². The van der Waals surface area contributed by atoms with Gasteiger partial charge in [-0.15, -0.1) is 11.3 Å². The number of hydrogen-bond acceptors (Lipinski definition) is 4. The van der Waals surface area contributed by atoms with E-state index in [1.165, 1.54) is 0 Å². The topological polar surface area (TPSA) is 67.0 Å². The maximum atomic E-state index is 12.6. The summed E-state index contributed by atoms with van der Waals surface area (Å²) in [7, 11) is 0. The number of benzene rings is 1. The Morgan fingerprint density at radius 1 is 1.36 bits per heavy atom. The van der Waals surface area contributed by atoms with Crippen molar-refractivity contribution < 1.29 is 9.53 Å². The fraction of sp³-hybridized carbons (Fsp3) is 0.263. The summed E-state index contributed by atoms with van der Waals surface area (Å²) >= 11 is 1.56. The van der Waals surface area contributed by atoms with Gasteiger partial charge in [0, 0.05) is 11.8 Å². The molecule has 0 saturated heterocycles. The molecule has 3 aromatic rings. The first kappa shape index (κ1) is 17.2. The molecule has 1 unspecified atom stereocenters. The summed E-state index contributed by atoms with van der Waals surface area (Å²) in [5, 5.41) is 11.8. The van der Waals surface area contributed by atoms with E-state index in [2.05, 4.69) is 22.4 Å². The van der Waals surface area contributed by atoms with Gasteiger partial charge in [-0.1, -0.05) is 25.5 Å². The number of rotatable bonds is 7. The van der Waals surface area contributed by atoms with E-state index in [0.717, 1.165) is 29.2 Å². The second-order valence-corrected chi connectivity index (χ2v) is 6.78. The van der Waals surface area contributed by atoms with Crippen molar-refractivity contribution in [1.82, 2.24) is 10.2 Å². The van der Waals surface area contributed by atoms with Crippen molar-refractivity contribution in [2.75, 3.05) is 5.32 Å². The summed E-state index contributed by atoms with van der Waals surface area (Å²) in [4.78, 5) is 13.6. The van der Waals surface area contributed by atoms with Crippen LogP contribution in [0.25, 0.3) is 10.6 Å². The van der Waals surface area contributed by atoms with Gasteiger partial charge in [-0.2, -0.15) is 5.10 Å². The number of hydrogen-bond donors (Lipinski definition) is 2. The van der Waals surface area contributed by atoms with Crippen LogP contribution in [0.3, 0.4) is 0 Å². The lowest BCUT2D eigenvalue weighted by Crippen LogP contribution is -2.13. The number of nitrogens with zero attached hydrogens (tertiary/aromatic N) is 1. The number of H-pyrrole nitrogens is 1. The molecule has 5 nitrogen and oxygen atoms in total. The zero-order valence-electron chi connectivity index (χ0n) is 14.3. The highest BCUT2D eigenvalue weighted by Crippen LogP contribution is 2.27. The summed E-state index contributed by atoms with van der Waals surface area (Å²) < 4.78 is 5.88. The van der Waals surface area contributed by atoms with Gasteiger partial charge in [0.05, 0.1) is 28.4 Å². The molecule has 0 spiro atoms. The lowest BCUT2D eigenvalue weighted by atomic mass is 10.2. The minimum absolute atomic E-state index is 0.148. The van der Waals surface area contributed by atoms with Crippen molar-refractivity contribution in [2.45, 2.75) is 32.8 Å². The summed E-state index contributed by atoms with van der Waals surface area (Å²) in [5.41, 5.74) is 1.95. The third-order valence-corrected chi connectivity index (χ3v) is 4.66. The highest BCUT2D eigenvalue weighted by molar-refractivity contribution is 7.13. The Labute approximate surface area is 151 Å². The van der Waals surface area contributed by atoms with E-state index >= 15 is 0 Å². The number of carbonyl (C=O) groups is 1. The van der Waals surface area contributed by atoms with Gasteiger partial charge >= 0.3 is 0 Å². The summed E-state index contributed by atoms with van der Waals surface area (Å²) in [6.07, 6.45) is 3.77. The smallest absolute Gasteiger partial charge is 0.259 e. The Bertz CT molecular complexity index is 827. The van der Waals surface area contributed by atoms with E-state index in [1.807, 2.05) is 48.7 Å². The Kier molecular flexibility index (Phi) is 5.50. The van der Waals surface area contributed by atoms with E-state index in [9.17, 15) is 4.79 Å². The molecule has 1 amide bonds. The lowest BCUT2D eigenvalue weighted by molar-refractivity contribution is 0.102. The number of aromatic amines is 1. The fourth-order valence-corrected chi connectivity index (χ4v) is 3.34. The predicted molar refractivity (Wildman–Crippen MR) is 101 cm³/mol. The Hall–Kier alpha value is -2.60. The Balaban J connectivity index is 1.73. The number of amides is 1. The maximum absolute atomic E-state index is 12.6. The zero-order chi connectivity index (χ0) is 17.6. The van der Waals surface area contributed by atoms with E-state index in [4.69, 9.17) is 4.74 Å². The molecule has 0 aliphatic carbocycles. The molecule has 1 atom stereocenters. The maximum Gasteiger partial charge on any atom is 0.259 e. The summed E-state index contributed by atoms with van der Waals surface area (Å²) in [6, 6.07) is 11.4. The molecule has 1 aromatic carbocycles. The first-order valence-electron chi connectivity index (χ1n) is 8.32. The molecule has 25 heavy (non-hydrogen) atoms. The van der Waals surface area contributed by atoms with Crippen LogP contribution < -0.4 is 10.1 Å². The molecular formula is C19H21N3O2S. The van der Waals surface area contributed by atoms with Crippen LogP contribution in [0.15, 0.2) is 48.0 Å². The van der Waals surface area contributed by atoms with Crippen molar-refractivity contribution in [3.05, 3.63) is 53.5 Å². The van der Waals surface area contributed by atoms with Crippen molar-refractivity contribution in [1.29, 1.82) is 0 Å². The van der Waals surface area contributed by atoms with Gasteiger partial charge in [0.2, 0.25) is 0 Å². The van der Waals surface area contributed by atoms with Crippen molar-refractivity contribution in [2.24, 2.45) is 0 Å².